The summed E-state index contributed by atoms with van der Waals surface area (Å²) in [7, 11) is 0. The fourth-order valence-electron chi connectivity index (χ4n) is 4.40. The molecule has 104 valence electrons. The molecule has 2 saturated heterocycles. The van der Waals surface area contributed by atoms with Crippen LogP contribution in [0.3, 0.4) is 0 Å². The quantitative estimate of drug-likeness (QED) is 0.794. The molecule has 3 fully saturated rings. The molecule has 2 N–H and O–H groups in total. The van der Waals surface area contributed by atoms with Crippen molar-refractivity contribution in [2.24, 2.45) is 17.1 Å². The van der Waals surface area contributed by atoms with Gasteiger partial charge in [0.25, 0.3) is 0 Å². The van der Waals surface area contributed by atoms with Gasteiger partial charge in [0.2, 0.25) is 0 Å². The Labute approximate surface area is 115 Å². The van der Waals surface area contributed by atoms with Crippen LogP contribution in [0.25, 0.3) is 0 Å². The summed E-state index contributed by atoms with van der Waals surface area (Å²) in [6.07, 6.45) is 8.92. The molecule has 2 heterocycles. The molecule has 3 atom stereocenters. The highest BCUT2D eigenvalue weighted by atomic mass is 32.2. The van der Waals surface area contributed by atoms with Crippen LogP contribution in [0.2, 0.25) is 0 Å². The standard InChI is InChI=1S/C15H27NOS/c1-14(4-2-13(16)11-14)12-3-7-17-15(10-12)5-8-18-9-6-15/h12-13H,2-11,16H2,1H3. The van der Waals surface area contributed by atoms with Crippen molar-refractivity contribution in [1.29, 1.82) is 0 Å². The lowest BCUT2D eigenvalue weighted by Crippen LogP contribution is -2.46. The van der Waals surface area contributed by atoms with Gasteiger partial charge in [0.1, 0.15) is 0 Å². The van der Waals surface area contributed by atoms with Crippen molar-refractivity contribution < 1.29 is 4.74 Å². The van der Waals surface area contributed by atoms with Crippen molar-refractivity contribution in [3.63, 3.8) is 0 Å². The van der Waals surface area contributed by atoms with Crippen LogP contribution in [0.15, 0.2) is 0 Å². The summed E-state index contributed by atoms with van der Waals surface area (Å²) in [5, 5.41) is 0. The summed E-state index contributed by atoms with van der Waals surface area (Å²) >= 11 is 2.10. The van der Waals surface area contributed by atoms with Crippen molar-refractivity contribution in [2.75, 3.05) is 18.1 Å². The highest BCUT2D eigenvalue weighted by Crippen LogP contribution is 2.51. The lowest BCUT2D eigenvalue weighted by molar-refractivity contribution is -0.121. The Kier molecular flexibility index (Phi) is 3.68. The van der Waals surface area contributed by atoms with E-state index in [4.69, 9.17) is 10.5 Å². The van der Waals surface area contributed by atoms with E-state index in [2.05, 4.69) is 18.7 Å². The molecule has 3 unspecified atom stereocenters. The van der Waals surface area contributed by atoms with Gasteiger partial charge in [-0.15, -0.1) is 0 Å². The average molecular weight is 269 g/mol. The maximum absolute atomic E-state index is 6.22. The molecule has 0 bridgehead atoms. The summed E-state index contributed by atoms with van der Waals surface area (Å²) in [5.41, 5.74) is 6.89. The number of rotatable bonds is 1. The Morgan fingerprint density at radius 1 is 1.11 bits per heavy atom. The van der Waals surface area contributed by atoms with Gasteiger partial charge < -0.3 is 10.5 Å². The summed E-state index contributed by atoms with van der Waals surface area (Å²) in [5.74, 6) is 3.44. The van der Waals surface area contributed by atoms with E-state index in [0.29, 0.717) is 11.5 Å². The zero-order valence-corrected chi connectivity index (χ0v) is 12.4. The van der Waals surface area contributed by atoms with Crippen LogP contribution < -0.4 is 5.73 Å². The van der Waals surface area contributed by atoms with Crippen LogP contribution in [0.4, 0.5) is 0 Å². The van der Waals surface area contributed by atoms with Crippen LogP contribution in [-0.2, 0) is 4.74 Å². The predicted molar refractivity (Wildman–Crippen MR) is 77.9 cm³/mol. The number of hydrogen-bond donors (Lipinski definition) is 1. The minimum atomic E-state index is 0.240. The molecule has 0 amide bonds. The van der Waals surface area contributed by atoms with E-state index >= 15 is 0 Å². The number of thioether (sulfide) groups is 1. The largest absolute Gasteiger partial charge is 0.375 e. The maximum Gasteiger partial charge on any atom is 0.0701 e. The van der Waals surface area contributed by atoms with E-state index in [-0.39, 0.29) is 5.60 Å². The molecule has 2 aliphatic heterocycles. The third kappa shape index (κ3) is 2.46. The predicted octanol–water partition coefficient (Wildman–Crippen LogP) is 3.20. The fourth-order valence-corrected chi connectivity index (χ4v) is 5.64. The van der Waals surface area contributed by atoms with Gasteiger partial charge in [-0.25, -0.2) is 0 Å². The van der Waals surface area contributed by atoms with Gasteiger partial charge in [-0.05, 0) is 67.8 Å². The maximum atomic E-state index is 6.22. The fraction of sp³-hybridized carbons (Fsp3) is 1.00. The second-order valence-corrected chi connectivity index (χ2v) is 8.22. The smallest absolute Gasteiger partial charge is 0.0701 e. The molecular weight excluding hydrogens is 242 g/mol. The molecule has 3 heteroatoms. The Morgan fingerprint density at radius 2 is 1.89 bits per heavy atom. The minimum Gasteiger partial charge on any atom is -0.375 e. The molecular formula is C15H27NOS. The molecule has 18 heavy (non-hydrogen) atoms. The average Bonchev–Trinajstić information content (AvgIpc) is 2.72. The second kappa shape index (κ2) is 4.99. The first-order valence-electron chi connectivity index (χ1n) is 7.59. The summed E-state index contributed by atoms with van der Waals surface area (Å²) in [4.78, 5) is 0. The van der Waals surface area contributed by atoms with Gasteiger partial charge in [0.15, 0.2) is 0 Å². The van der Waals surface area contributed by atoms with Crippen LogP contribution in [0.5, 0.6) is 0 Å². The van der Waals surface area contributed by atoms with E-state index in [0.717, 1.165) is 12.5 Å². The van der Waals surface area contributed by atoms with Crippen LogP contribution >= 0.6 is 11.8 Å². The van der Waals surface area contributed by atoms with E-state index in [1.54, 1.807) is 0 Å². The molecule has 1 spiro atoms. The van der Waals surface area contributed by atoms with Gasteiger partial charge in [-0.3, -0.25) is 0 Å². The Morgan fingerprint density at radius 3 is 2.56 bits per heavy atom. The molecule has 1 saturated carbocycles. The monoisotopic (exact) mass is 269 g/mol. The van der Waals surface area contributed by atoms with Crippen molar-refractivity contribution in [2.45, 2.75) is 63.5 Å². The third-order valence-electron chi connectivity index (χ3n) is 5.70. The summed E-state index contributed by atoms with van der Waals surface area (Å²) in [6.45, 7) is 3.47. The molecule has 1 aliphatic carbocycles. The lowest BCUT2D eigenvalue weighted by Gasteiger charge is -2.48. The molecule has 0 aromatic heterocycles. The van der Waals surface area contributed by atoms with Gasteiger partial charge >= 0.3 is 0 Å². The Hall–Kier alpha value is 0.270. The van der Waals surface area contributed by atoms with Gasteiger partial charge in [0.05, 0.1) is 5.60 Å². The highest BCUT2D eigenvalue weighted by Gasteiger charge is 2.47. The van der Waals surface area contributed by atoms with E-state index in [9.17, 15) is 0 Å². The van der Waals surface area contributed by atoms with Gasteiger partial charge in [-0.2, -0.15) is 11.8 Å². The highest BCUT2D eigenvalue weighted by molar-refractivity contribution is 7.99. The first-order chi connectivity index (χ1) is 8.62. The van der Waals surface area contributed by atoms with Crippen molar-refractivity contribution >= 4 is 11.8 Å². The van der Waals surface area contributed by atoms with Gasteiger partial charge in [0, 0.05) is 12.6 Å². The molecule has 2 nitrogen and oxygen atoms in total. The van der Waals surface area contributed by atoms with E-state index in [1.165, 1.54) is 56.5 Å². The summed E-state index contributed by atoms with van der Waals surface area (Å²) in [6, 6.07) is 0.454. The normalized spacial score (nSPS) is 44.3. The zero-order chi connectivity index (χ0) is 12.6. The number of hydrogen-bond acceptors (Lipinski definition) is 3. The first-order valence-corrected chi connectivity index (χ1v) is 8.75. The van der Waals surface area contributed by atoms with Crippen molar-refractivity contribution in [1.82, 2.24) is 0 Å². The third-order valence-corrected chi connectivity index (χ3v) is 6.68. The number of nitrogens with two attached hydrogens (primary N) is 1. The summed E-state index contributed by atoms with van der Waals surface area (Å²) < 4.78 is 6.22. The van der Waals surface area contributed by atoms with Crippen molar-refractivity contribution in [3.05, 3.63) is 0 Å². The molecule has 0 aromatic rings. The number of ether oxygens (including phenoxy) is 1. The van der Waals surface area contributed by atoms with E-state index < -0.39 is 0 Å². The van der Waals surface area contributed by atoms with Gasteiger partial charge in [-0.1, -0.05) is 6.92 Å². The zero-order valence-electron chi connectivity index (χ0n) is 11.6. The topological polar surface area (TPSA) is 35.2 Å². The van der Waals surface area contributed by atoms with Crippen LogP contribution in [0.1, 0.15) is 51.9 Å². The SMILES string of the molecule is CC1(C2CCOC3(CCSCC3)C2)CCC(N)C1. The van der Waals surface area contributed by atoms with E-state index in [1.807, 2.05) is 0 Å². The second-order valence-electron chi connectivity index (χ2n) is 6.99. The lowest BCUT2D eigenvalue weighted by atomic mass is 9.67. The minimum absolute atomic E-state index is 0.240. The Balaban J connectivity index is 1.70. The Bertz CT molecular complexity index is 297. The molecule has 3 rings (SSSR count). The molecule has 0 radical (unpaired) electrons. The first kappa shape index (κ1) is 13.3. The van der Waals surface area contributed by atoms with Crippen LogP contribution in [-0.4, -0.2) is 29.8 Å². The van der Waals surface area contributed by atoms with Crippen LogP contribution in [0, 0.1) is 11.3 Å². The molecule has 3 aliphatic rings. The molecule has 0 aromatic carbocycles. The van der Waals surface area contributed by atoms with Crippen molar-refractivity contribution in [3.8, 4) is 0 Å².